The number of hydrogen-bond donors (Lipinski definition) is 0. The van der Waals surface area contributed by atoms with Crippen LogP contribution >= 0.6 is 0 Å². The van der Waals surface area contributed by atoms with Crippen LogP contribution in [0.15, 0.2) is 0 Å². The van der Waals surface area contributed by atoms with Crippen LogP contribution in [0, 0.1) is 23.1 Å². The second kappa shape index (κ2) is 3.66. The predicted molar refractivity (Wildman–Crippen MR) is 53.0 cm³/mol. The van der Waals surface area contributed by atoms with Gasteiger partial charge in [0.05, 0.1) is 0 Å². The number of terminal acetylenes is 1. The molecule has 0 heterocycles. The molecule has 54 valence electrons. The van der Waals surface area contributed by atoms with Gasteiger partial charge in [-0.25, -0.2) is 0 Å². The van der Waals surface area contributed by atoms with E-state index < -0.39 is 16.9 Å². The van der Waals surface area contributed by atoms with E-state index in [2.05, 4.69) is 42.8 Å². The fourth-order valence-electron chi connectivity index (χ4n) is 0.361. The lowest BCUT2D eigenvalue weighted by Crippen LogP contribution is -2.21. The Hall–Kier alpha value is -0.446. The largest absolute Gasteiger partial charge is 0.209 e. The smallest absolute Gasteiger partial charge is 0.142 e. The lowest BCUT2D eigenvalue weighted by Gasteiger charge is -2.02. The van der Waals surface area contributed by atoms with Crippen molar-refractivity contribution in [3.8, 4) is 23.1 Å². The lowest BCUT2D eigenvalue weighted by atomic mass is 11.3. The van der Waals surface area contributed by atoms with Crippen molar-refractivity contribution in [2.75, 3.05) is 0 Å². The molecular weight excluding hydrogens is 152 g/mol. The zero-order valence-corrected chi connectivity index (χ0v) is 9.31. The summed E-state index contributed by atoms with van der Waals surface area (Å²) >= 11 is 0. The summed E-state index contributed by atoms with van der Waals surface area (Å²) in [6.45, 7) is 8.65. The van der Waals surface area contributed by atoms with Crippen molar-refractivity contribution < 1.29 is 0 Å². The van der Waals surface area contributed by atoms with E-state index in [-0.39, 0.29) is 0 Å². The molecule has 0 aliphatic heterocycles. The topological polar surface area (TPSA) is 0 Å². The summed E-state index contributed by atoms with van der Waals surface area (Å²) in [6, 6.07) is 0. The Morgan fingerprint density at radius 3 is 2.10 bits per heavy atom. The van der Waals surface area contributed by atoms with Crippen molar-refractivity contribution in [2.24, 2.45) is 0 Å². The van der Waals surface area contributed by atoms with Crippen molar-refractivity contribution in [1.82, 2.24) is 0 Å². The zero-order chi connectivity index (χ0) is 8.20. The molecule has 0 radical (unpaired) electrons. The van der Waals surface area contributed by atoms with Crippen LogP contribution in [0.25, 0.3) is 0 Å². The van der Waals surface area contributed by atoms with Gasteiger partial charge in [0.15, 0.2) is 0 Å². The second-order valence-corrected chi connectivity index (χ2v) is 9.58. The van der Waals surface area contributed by atoms with Gasteiger partial charge in [0.25, 0.3) is 0 Å². The molecule has 0 unspecified atom stereocenters. The third kappa shape index (κ3) is 4.43. The quantitative estimate of drug-likeness (QED) is 0.377. The molecule has 10 heavy (non-hydrogen) atoms. The molecule has 0 atom stereocenters. The molecule has 0 aromatic heterocycles. The van der Waals surface area contributed by atoms with E-state index in [1.807, 2.05) is 0 Å². The summed E-state index contributed by atoms with van der Waals surface area (Å²) in [5.41, 5.74) is 9.25. The molecule has 2 heteroatoms. The summed E-state index contributed by atoms with van der Waals surface area (Å²) in [5.74, 6) is 0. The Morgan fingerprint density at radius 2 is 1.80 bits per heavy atom. The minimum atomic E-state index is -1.54. The molecule has 0 aromatic carbocycles. The van der Waals surface area contributed by atoms with Crippen LogP contribution in [0.5, 0.6) is 0 Å². The Bertz CT molecular complexity index is 198. The molecule has 0 aromatic rings. The highest BCUT2D eigenvalue weighted by atomic mass is 28.3. The van der Waals surface area contributed by atoms with E-state index in [0.717, 1.165) is 0 Å². The summed E-state index contributed by atoms with van der Waals surface area (Å²) < 4.78 is 0. The van der Waals surface area contributed by atoms with Gasteiger partial charge in [-0.05, 0) is 13.1 Å². The van der Waals surface area contributed by atoms with Crippen LogP contribution in [0.3, 0.4) is 0 Å². The first kappa shape index (κ1) is 9.55. The van der Waals surface area contributed by atoms with E-state index in [1.165, 1.54) is 0 Å². The Kier molecular flexibility index (Phi) is 3.49. The van der Waals surface area contributed by atoms with Crippen LogP contribution in [0.1, 0.15) is 0 Å². The molecule has 0 rings (SSSR count). The molecule has 0 saturated carbocycles. The first-order valence-corrected chi connectivity index (χ1v) is 9.37. The van der Waals surface area contributed by atoms with Crippen molar-refractivity contribution in [2.45, 2.75) is 26.2 Å². The molecule has 0 bridgehead atoms. The molecule has 0 nitrogen and oxygen atoms in total. The maximum Gasteiger partial charge on any atom is 0.209 e. The Morgan fingerprint density at radius 1 is 1.30 bits per heavy atom. The van der Waals surface area contributed by atoms with E-state index in [4.69, 9.17) is 6.42 Å². The number of rotatable bonds is 0. The van der Waals surface area contributed by atoms with E-state index in [0.29, 0.717) is 0 Å². The van der Waals surface area contributed by atoms with Crippen molar-refractivity contribution in [1.29, 1.82) is 0 Å². The summed E-state index contributed by atoms with van der Waals surface area (Å²) in [5, 5.41) is 0. The van der Waals surface area contributed by atoms with Gasteiger partial charge >= 0.3 is 0 Å². The van der Waals surface area contributed by atoms with Crippen molar-refractivity contribution >= 4 is 16.9 Å². The van der Waals surface area contributed by atoms with Crippen molar-refractivity contribution in [3.05, 3.63) is 0 Å². The van der Waals surface area contributed by atoms with Crippen LogP contribution in [-0.2, 0) is 0 Å². The third-order valence-electron chi connectivity index (χ3n) is 1.03. The van der Waals surface area contributed by atoms with E-state index >= 15 is 0 Å². The highest BCUT2D eigenvalue weighted by Gasteiger charge is 2.12. The lowest BCUT2D eigenvalue weighted by molar-refractivity contribution is 1.94. The first-order chi connectivity index (χ1) is 4.48. The minimum absolute atomic E-state index is 0.706. The summed E-state index contributed by atoms with van der Waals surface area (Å²) in [7, 11) is -2.24. The van der Waals surface area contributed by atoms with Crippen LogP contribution in [0.2, 0.25) is 26.2 Å². The van der Waals surface area contributed by atoms with Gasteiger partial charge in [-0.1, -0.05) is 13.1 Å². The number of hydrogen-bond acceptors (Lipinski definition) is 0. The zero-order valence-electron chi connectivity index (χ0n) is 7.15. The molecular formula is C8H14Si2. The van der Waals surface area contributed by atoms with E-state index in [1.54, 1.807) is 0 Å². The SMILES string of the molecule is C#C[Si](C)(C)C#C[SiH](C)C. The monoisotopic (exact) mass is 166 g/mol. The average molecular weight is 166 g/mol. The first-order valence-electron chi connectivity index (χ1n) is 3.48. The fourth-order valence-corrected chi connectivity index (χ4v) is 3.03. The second-order valence-electron chi connectivity index (χ2n) is 3.19. The van der Waals surface area contributed by atoms with E-state index in [9.17, 15) is 0 Å². The Balaban J connectivity index is 4.20. The van der Waals surface area contributed by atoms with Gasteiger partial charge in [0.1, 0.15) is 8.80 Å². The summed E-state index contributed by atoms with van der Waals surface area (Å²) in [6.07, 6.45) is 5.32. The van der Waals surface area contributed by atoms with Crippen LogP contribution in [0.4, 0.5) is 0 Å². The third-order valence-corrected chi connectivity index (χ3v) is 3.54. The van der Waals surface area contributed by atoms with Crippen LogP contribution in [-0.4, -0.2) is 16.9 Å². The predicted octanol–water partition coefficient (Wildman–Crippen LogP) is 1.44. The Labute approximate surface area is 66.7 Å². The molecule has 0 aliphatic carbocycles. The van der Waals surface area contributed by atoms with Gasteiger partial charge in [-0.15, -0.1) is 23.1 Å². The molecule has 0 amide bonds. The molecule has 0 aliphatic rings. The maximum atomic E-state index is 5.32. The van der Waals surface area contributed by atoms with Gasteiger partial charge in [0, 0.05) is 0 Å². The minimum Gasteiger partial charge on any atom is -0.142 e. The highest BCUT2D eigenvalue weighted by Crippen LogP contribution is 1.95. The highest BCUT2D eigenvalue weighted by molar-refractivity contribution is 6.92. The van der Waals surface area contributed by atoms with Crippen molar-refractivity contribution in [3.63, 3.8) is 0 Å². The normalized spacial score (nSPS) is 10.0. The maximum absolute atomic E-state index is 5.32. The molecule has 0 saturated heterocycles. The average Bonchev–Trinajstić information content (AvgIpc) is 1.85. The van der Waals surface area contributed by atoms with Gasteiger partial charge in [-0.2, -0.15) is 0 Å². The van der Waals surface area contributed by atoms with Gasteiger partial charge in [0.2, 0.25) is 8.07 Å². The van der Waals surface area contributed by atoms with Crippen LogP contribution < -0.4 is 0 Å². The molecule has 0 fully saturated rings. The fraction of sp³-hybridized carbons (Fsp3) is 0.500. The van der Waals surface area contributed by atoms with Gasteiger partial charge < -0.3 is 0 Å². The molecule has 0 spiro atoms. The van der Waals surface area contributed by atoms with Gasteiger partial charge in [-0.3, -0.25) is 0 Å². The summed E-state index contributed by atoms with van der Waals surface area (Å²) in [4.78, 5) is 0. The molecule has 0 N–H and O–H groups in total. The standard InChI is InChI=1S/C8H14Si2/c1-6-10(4,5)8-7-9(2)3/h1,9H,2-5H3.